The summed E-state index contributed by atoms with van der Waals surface area (Å²) in [6.45, 7) is 5.21. The summed E-state index contributed by atoms with van der Waals surface area (Å²) in [5.74, 6) is -0.618. The summed E-state index contributed by atoms with van der Waals surface area (Å²) in [6.07, 6.45) is 4.11. The number of carbonyl (C=O) groups excluding carboxylic acids is 1. The van der Waals surface area contributed by atoms with Gasteiger partial charge in [0.2, 0.25) is 5.91 Å². The zero-order chi connectivity index (χ0) is 17.2. The smallest absolute Gasteiger partial charge is 0.225 e. The second-order valence-electron chi connectivity index (χ2n) is 7.37. The number of halogens is 1. The molecule has 3 rings (SSSR count). The molecule has 24 heavy (non-hydrogen) atoms. The van der Waals surface area contributed by atoms with E-state index in [1.165, 1.54) is 50.6 Å². The molecule has 1 amide bonds. The molecular weight excluding hydrogens is 307 g/mol. The number of amides is 1. The van der Waals surface area contributed by atoms with E-state index in [1.54, 1.807) is 0 Å². The summed E-state index contributed by atoms with van der Waals surface area (Å²) in [6, 6.07) is 4.21. The Kier molecular flexibility index (Phi) is 5.06. The Morgan fingerprint density at radius 1 is 1.29 bits per heavy atom. The van der Waals surface area contributed by atoms with E-state index in [9.17, 15) is 9.18 Å². The van der Waals surface area contributed by atoms with Crippen LogP contribution in [0.5, 0.6) is 0 Å². The van der Waals surface area contributed by atoms with Crippen LogP contribution in [0.4, 0.5) is 15.8 Å². The number of benzene rings is 1. The van der Waals surface area contributed by atoms with E-state index >= 15 is 0 Å². The number of hydrogen-bond donors (Lipinski definition) is 2. The van der Waals surface area contributed by atoms with Crippen molar-refractivity contribution in [2.45, 2.75) is 25.7 Å². The Hall–Kier alpha value is -1.66. The topological polar surface area (TPSA) is 61.6 Å². The first-order chi connectivity index (χ1) is 11.5. The number of nitrogens with one attached hydrogen (secondary N) is 1. The maximum Gasteiger partial charge on any atom is 0.225 e. The molecular formula is C18H27FN4O. The van der Waals surface area contributed by atoms with Crippen LogP contribution in [0.3, 0.4) is 0 Å². The van der Waals surface area contributed by atoms with E-state index in [0.29, 0.717) is 17.5 Å². The highest BCUT2D eigenvalue weighted by Crippen LogP contribution is 2.39. The molecule has 0 aromatic heterocycles. The fraction of sp³-hybridized carbons (Fsp3) is 0.611. The first kappa shape index (κ1) is 17.2. The molecule has 3 N–H and O–H groups in total. The average Bonchev–Trinajstić information content (AvgIpc) is 2.95. The van der Waals surface area contributed by atoms with Crippen molar-refractivity contribution in [3.8, 4) is 0 Å². The van der Waals surface area contributed by atoms with Crippen molar-refractivity contribution < 1.29 is 9.18 Å². The molecule has 0 aliphatic carbocycles. The second kappa shape index (κ2) is 7.07. The van der Waals surface area contributed by atoms with Crippen LogP contribution in [0.15, 0.2) is 18.2 Å². The van der Waals surface area contributed by atoms with Crippen LogP contribution in [-0.2, 0) is 4.79 Å². The highest BCUT2D eigenvalue weighted by molar-refractivity contribution is 5.91. The Bertz CT molecular complexity index is 599. The van der Waals surface area contributed by atoms with Crippen molar-refractivity contribution in [1.29, 1.82) is 0 Å². The van der Waals surface area contributed by atoms with Gasteiger partial charge in [0.25, 0.3) is 0 Å². The van der Waals surface area contributed by atoms with E-state index in [0.717, 1.165) is 19.6 Å². The summed E-state index contributed by atoms with van der Waals surface area (Å²) in [5.41, 5.74) is 6.68. The van der Waals surface area contributed by atoms with Gasteiger partial charge in [-0.15, -0.1) is 0 Å². The van der Waals surface area contributed by atoms with Gasteiger partial charge in [-0.2, -0.15) is 0 Å². The monoisotopic (exact) mass is 334 g/mol. The largest absolute Gasteiger partial charge is 0.399 e. The minimum Gasteiger partial charge on any atom is -0.399 e. The predicted molar refractivity (Wildman–Crippen MR) is 94.3 cm³/mol. The third-order valence-electron chi connectivity index (χ3n) is 5.48. The van der Waals surface area contributed by atoms with Crippen LogP contribution in [-0.4, -0.2) is 55.5 Å². The molecule has 2 fully saturated rings. The zero-order valence-electron chi connectivity index (χ0n) is 14.4. The van der Waals surface area contributed by atoms with Gasteiger partial charge in [0.15, 0.2) is 0 Å². The van der Waals surface area contributed by atoms with Crippen molar-refractivity contribution >= 4 is 17.3 Å². The van der Waals surface area contributed by atoms with Crippen LogP contribution in [0, 0.1) is 11.2 Å². The van der Waals surface area contributed by atoms with Gasteiger partial charge in [-0.05, 0) is 69.6 Å². The van der Waals surface area contributed by atoms with Crippen molar-refractivity contribution in [2.75, 3.05) is 50.8 Å². The first-order valence-corrected chi connectivity index (χ1v) is 8.72. The van der Waals surface area contributed by atoms with Crippen LogP contribution in [0.25, 0.3) is 0 Å². The Labute approximate surface area is 143 Å². The molecule has 2 saturated heterocycles. The maximum absolute atomic E-state index is 13.7. The van der Waals surface area contributed by atoms with Crippen molar-refractivity contribution in [1.82, 2.24) is 9.80 Å². The highest BCUT2D eigenvalue weighted by Gasteiger charge is 2.39. The molecule has 0 radical (unpaired) electrons. The lowest BCUT2D eigenvalue weighted by molar-refractivity contribution is -0.116. The number of piperidine rings is 1. The number of hydrogen-bond acceptors (Lipinski definition) is 4. The summed E-state index contributed by atoms with van der Waals surface area (Å²) < 4.78 is 13.7. The Morgan fingerprint density at radius 2 is 2.00 bits per heavy atom. The molecule has 0 atom stereocenters. The lowest BCUT2D eigenvalue weighted by Gasteiger charge is -2.37. The van der Waals surface area contributed by atoms with Gasteiger partial charge in [-0.1, -0.05) is 0 Å². The van der Waals surface area contributed by atoms with E-state index in [-0.39, 0.29) is 11.6 Å². The minimum atomic E-state index is -0.455. The molecule has 0 bridgehead atoms. The third kappa shape index (κ3) is 4.05. The van der Waals surface area contributed by atoms with E-state index < -0.39 is 5.82 Å². The predicted octanol–water partition coefficient (Wildman–Crippen LogP) is 2.15. The zero-order valence-corrected chi connectivity index (χ0v) is 14.4. The molecule has 5 nitrogen and oxygen atoms in total. The summed E-state index contributed by atoms with van der Waals surface area (Å²) in [5, 5.41) is 2.62. The van der Waals surface area contributed by atoms with Crippen molar-refractivity contribution in [2.24, 2.45) is 5.41 Å². The van der Waals surface area contributed by atoms with Gasteiger partial charge in [0, 0.05) is 25.2 Å². The SMILES string of the molecule is CN1CCC2(CC1)CCN(CCC(=O)Nc1cc(N)ccc1F)C2. The van der Waals surface area contributed by atoms with Gasteiger partial charge in [0.1, 0.15) is 5.82 Å². The second-order valence-corrected chi connectivity index (χ2v) is 7.37. The normalized spacial score (nSPS) is 21.2. The maximum atomic E-state index is 13.7. The number of anilines is 2. The fourth-order valence-electron chi connectivity index (χ4n) is 3.83. The van der Waals surface area contributed by atoms with Gasteiger partial charge in [-0.25, -0.2) is 4.39 Å². The lowest BCUT2D eigenvalue weighted by atomic mass is 9.78. The highest BCUT2D eigenvalue weighted by atomic mass is 19.1. The molecule has 2 aliphatic rings. The molecule has 1 aromatic carbocycles. The third-order valence-corrected chi connectivity index (χ3v) is 5.48. The van der Waals surface area contributed by atoms with Gasteiger partial charge in [0.05, 0.1) is 5.69 Å². The van der Waals surface area contributed by atoms with E-state index in [4.69, 9.17) is 5.73 Å². The average molecular weight is 334 g/mol. The molecule has 132 valence electrons. The standard InChI is InChI=1S/C18H27FN4O/c1-22-9-5-18(6-10-22)7-11-23(13-18)8-4-17(24)21-16-12-14(20)2-3-15(16)19/h2-3,12H,4-11,13,20H2,1H3,(H,21,24). The molecule has 2 heterocycles. The minimum absolute atomic E-state index is 0.160. The number of nitrogens with zero attached hydrogens (tertiary/aromatic N) is 2. The van der Waals surface area contributed by atoms with Crippen LogP contribution in [0.1, 0.15) is 25.7 Å². The summed E-state index contributed by atoms with van der Waals surface area (Å²) >= 11 is 0. The summed E-state index contributed by atoms with van der Waals surface area (Å²) in [4.78, 5) is 16.9. The van der Waals surface area contributed by atoms with Crippen LogP contribution < -0.4 is 11.1 Å². The van der Waals surface area contributed by atoms with E-state index in [1.807, 2.05) is 0 Å². The van der Waals surface area contributed by atoms with Gasteiger partial charge in [-0.3, -0.25) is 4.79 Å². The molecule has 2 aliphatic heterocycles. The molecule has 6 heteroatoms. The Morgan fingerprint density at radius 3 is 2.75 bits per heavy atom. The van der Waals surface area contributed by atoms with Crippen LogP contribution in [0.2, 0.25) is 0 Å². The quantitative estimate of drug-likeness (QED) is 0.829. The van der Waals surface area contributed by atoms with Crippen molar-refractivity contribution in [3.05, 3.63) is 24.0 Å². The Balaban J connectivity index is 1.46. The lowest BCUT2D eigenvalue weighted by Crippen LogP contribution is -2.40. The molecule has 1 spiro atoms. The fourth-order valence-corrected chi connectivity index (χ4v) is 3.83. The van der Waals surface area contributed by atoms with Gasteiger partial charge < -0.3 is 20.9 Å². The van der Waals surface area contributed by atoms with Crippen molar-refractivity contribution in [3.63, 3.8) is 0 Å². The number of nitrogens with two attached hydrogens (primary N) is 1. The van der Waals surface area contributed by atoms with Crippen LogP contribution >= 0.6 is 0 Å². The molecule has 1 aromatic rings. The molecule has 0 saturated carbocycles. The van der Waals surface area contributed by atoms with Gasteiger partial charge >= 0.3 is 0 Å². The number of rotatable bonds is 4. The number of likely N-dealkylation sites (tertiary alicyclic amines) is 2. The van der Waals surface area contributed by atoms with E-state index in [2.05, 4.69) is 22.2 Å². The summed E-state index contributed by atoms with van der Waals surface area (Å²) in [7, 11) is 2.18. The first-order valence-electron chi connectivity index (χ1n) is 8.72. The number of nitrogen functional groups attached to an aromatic ring is 1. The number of carbonyl (C=O) groups is 1. The molecule has 0 unspecified atom stereocenters.